The highest BCUT2D eigenvalue weighted by Crippen LogP contribution is 2.38. The van der Waals surface area contributed by atoms with Gasteiger partial charge in [-0.05, 0) is 37.6 Å². The van der Waals surface area contributed by atoms with E-state index in [1.165, 1.54) is 0 Å². The van der Waals surface area contributed by atoms with Gasteiger partial charge in [-0.3, -0.25) is 0 Å². The third-order valence-electron chi connectivity index (χ3n) is 4.21. The van der Waals surface area contributed by atoms with Crippen LogP contribution in [0.5, 0.6) is 23.0 Å². The summed E-state index contributed by atoms with van der Waals surface area (Å²) in [5.41, 5.74) is 1.47. The molecule has 0 aliphatic carbocycles. The largest absolute Gasteiger partial charge is 0.497 e. The standard InChI is InChI=1S/C21H25NO5/c1-21(2)13-27-20(22-21)17-10-16(11-18(24-4)19(17)25-5)26-12-14-6-8-15(23-3)9-7-14/h6-11H,12-13H2,1-5H3. The van der Waals surface area contributed by atoms with E-state index in [-0.39, 0.29) is 5.54 Å². The number of ether oxygens (including phenoxy) is 5. The molecule has 6 nitrogen and oxygen atoms in total. The molecule has 0 spiro atoms. The molecule has 0 atom stereocenters. The molecular weight excluding hydrogens is 346 g/mol. The number of hydrogen-bond acceptors (Lipinski definition) is 6. The normalized spacial score (nSPS) is 14.9. The SMILES string of the molecule is COc1ccc(COc2cc(OC)c(OC)c(C3=NC(C)(C)CO3)c2)cc1. The molecule has 0 saturated heterocycles. The van der Waals surface area contributed by atoms with Crippen LogP contribution in [0.2, 0.25) is 0 Å². The summed E-state index contributed by atoms with van der Waals surface area (Å²) < 4.78 is 28.0. The second kappa shape index (κ2) is 7.78. The lowest BCUT2D eigenvalue weighted by Gasteiger charge is -2.15. The first-order valence-electron chi connectivity index (χ1n) is 8.70. The number of aliphatic imine (C=N–C) groups is 1. The van der Waals surface area contributed by atoms with Gasteiger partial charge in [0.05, 0.1) is 32.4 Å². The van der Waals surface area contributed by atoms with E-state index in [0.29, 0.717) is 41.9 Å². The molecule has 1 aliphatic rings. The van der Waals surface area contributed by atoms with Gasteiger partial charge in [-0.2, -0.15) is 0 Å². The van der Waals surface area contributed by atoms with Crippen molar-refractivity contribution in [1.29, 1.82) is 0 Å². The van der Waals surface area contributed by atoms with Gasteiger partial charge in [0, 0.05) is 6.07 Å². The Bertz CT molecular complexity index is 827. The first kappa shape index (κ1) is 18.9. The zero-order valence-electron chi connectivity index (χ0n) is 16.4. The first-order chi connectivity index (χ1) is 13.0. The van der Waals surface area contributed by atoms with Gasteiger partial charge in [-0.15, -0.1) is 0 Å². The van der Waals surface area contributed by atoms with Crippen LogP contribution in [0.4, 0.5) is 0 Å². The minimum absolute atomic E-state index is 0.270. The van der Waals surface area contributed by atoms with Crippen LogP contribution in [0.3, 0.4) is 0 Å². The van der Waals surface area contributed by atoms with E-state index in [1.54, 1.807) is 27.4 Å². The van der Waals surface area contributed by atoms with Crippen molar-refractivity contribution in [2.75, 3.05) is 27.9 Å². The maximum atomic E-state index is 5.97. The summed E-state index contributed by atoms with van der Waals surface area (Å²) >= 11 is 0. The zero-order chi connectivity index (χ0) is 19.4. The fourth-order valence-corrected chi connectivity index (χ4v) is 2.79. The predicted molar refractivity (Wildman–Crippen MR) is 103 cm³/mol. The van der Waals surface area contributed by atoms with Gasteiger partial charge in [0.1, 0.15) is 24.7 Å². The summed E-state index contributed by atoms with van der Waals surface area (Å²) in [6.07, 6.45) is 0. The molecule has 0 amide bonds. The van der Waals surface area contributed by atoms with Crippen molar-refractivity contribution >= 4 is 5.90 Å². The maximum Gasteiger partial charge on any atom is 0.220 e. The van der Waals surface area contributed by atoms with Crippen molar-refractivity contribution in [3.05, 3.63) is 47.5 Å². The fourth-order valence-electron chi connectivity index (χ4n) is 2.79. The van der Waals surface area contributed by atoms with Crippen LogP contribution in [0.25, 0.3) is 0 Å². The number of rotatable bonds is 7. The topological polar surface area (TPSA) is 58.5 Å². The van der Waals surface area contributed by atoms with Crippen molar-refractivity contribution in [1.82, 2.24) is 0 Å². The Morgan fingerprint density at radius 3 is 2.26 bits per heavy atom. The van der Waals surface area contributed by atoms with Gasteiger partial charge in [0.2, 0.25) is 5.90 Å². The van der Waals surface area contributed by atoms with Crippen molar-refractivity contribution in [3.8, 4) is 23.0 Å². The van der Waals surface area contributed by atoms with E-state index in [2.05, 4.69) is 4.99 Å². The summed E-state index contributed by atoms with van der Waals surface area (Å²) in [6, 6.07) is 11.4. The number of hydrogen-bond donors (Lipinski definition) is 0. The van der Waals surface area contributed by atoms with E-state index in [4.69, 9.17) is 23.7 Å². The highest BCUT2D eigenvalue weighted by Gasteiger charge is 2.30. The second-order valence-electron chi connectivity index (χ2n) is 6.86. The minimum Gasteiger partial charge on any atom is -0.497 e. The lowest BCUT2D eigenvalue weighted by Crippen LogP contribution is -2.17. The average Bonchev–Trinajstić information content (AvgIpc) is 3.05. The number of nitrogens with zero attached hydrogens (tertiary/aromatic N) is 1. The van der Waals surface area contributed by atoms with E-state index in [9.17, 15) is 0 Å². The van der Waals surface area contributed by atoms with Gasteiger partial charge < -0.3 is 23.7 Å². The molecule has 0 unspecified atom stereocenters. The molecule has 3 rings (SSSR count). The second-order valence-corrected chi connectivity index (χ2v) is 6.86. The Kier molecular flexibility index (Phi) is 5.44. The first-order valence-corrected chi connectivity index (χ1v) is 8.70. The summed E-state index contributed by atoms with van der Waals surface area (Å²) in [7, 11) is 4.84. The van der Waals surface area contributed by atoms with Gasteiger partial charge in [0.15, 0.2) is 11.5 Å². The number of benzene rings is 2. The van der Waals surface area contributed by atoms with E-state index in [0.717, 1.165) is 11.3 Å². The summed E-state index contributed by atoms with van der Waals surface area (Å²) in [5.74, 6) is 3.13. The van der Waals surface area contributed by atoms with Crippen LogP contribution in [-0.2, 0) is 11.3 Å². The predicted octanol–water partition coefficient (Wildman–Crippen LogP) is 3.85. The molecule has 0 N–H and O–H groups in total. The monoisotopic (exact) mass is 371 g/mol. The van der Waals surface area contributed by atoms with Crippen molar-refractivity contribution < 1.29 is 23.7 Å². The molecule has 2 aromatic rings. The van der Waals surface area contributed by atoms with Gasteiger partial charge in [-0.25, -0.2) is 4.99 Å². The Hall–Kier alpha value is -2.89. The van der Waals surface area contributed by atoms with Crippen LogP contribution < -0.4 is 18.9 Å². The molecule has 1 aliphatic heterocycles. The molecule has 0 bridgehead atoms. The molecule has 0 aromatic heterocycles. The van der Waals surface area contributed by atoms with Gasteiger partial charge >= 0.3 is 0 Å². The van der Waals surface area contributed by atoms with Crippen molar-refractivity contribution in [3.63, 3.8) is 0 Å². The lowest BCUT2D eigenvalue weighted by atomic mass is 10.1. The molecule has 144 valence electrons. The van der Waals surface area contributed by atoms with Gasteiger partial charge in [0.25, 0.3) is 0 Å². The van der Waals surface area contributed by atoms with Crippen LogP contribution in [0.1, 0.15) is 25.0 Å². The Morgan fingerprint density at radius 2 is 1.70 bits per heavy atom. The molecule has 0 saturated carbocycles. The third kappa shape index (κ3) is 4.27. The quantitative estimate of drug-likeness (QED) is 0.740. The van der Waals surface area contributed by atoms with Gasteiger partial charge in [-0.1, -0.05) is 12.1 Å². The summed E-state index contributed by atoms with van der Waals surface area (Å²) in [6.45, 7) is 4.98. The third-order valence-corrected chi connectivity index (χ3v) is 4.21. The van der Waals surface area contributed by atoms with E-state index >= 15 is 0 Å². The molecule has 2 aromatic carbocycles. The van der Waals surface area contributed by atoms with Crippen molar-refractivity contribution in [2.45, 2.75) is 26.0 Å². The Labute approximate surface area is 159 Å². The van der Waals surface area contributed by atoms with E-state index < -0.39 is 0 Å². The van der Waals surface area contributed by atoms with Crippen molar-refractivity contribution in [2.24, 2.45) is 4.99 Å². The zero-order valence-corrected chi connectivity index (χ0v) is 16.4. The Balaban J connectivity index is 1.88. The molecule has 6 heteroatoms. The minimum atomic E-state index is -0.270. The van der Waals surface area contributed by atoms with E-state index in [1.807, 2.05) is 44.2 Å². The highest BCUT2D eigenvalue weighted by atomic mass is 16.5. The van der Waals surface area contributed by atoms with Crippen LogP contribution in [0.15, 0.2) is 41.4 Å². The number of methoxy groups -OCH3 is 3. The Morgan fingerprint density at radius 1 is 0.963 bits per heavy atom. The van der Waals surface area contributed by atoms with Crippen LogP contribution >= 0.6 is 0 Å². The molecule has 27 heavy (non-hydrogen) atoms. The van der Waals surface area contributed by atoms with Crippen LogP contribution in [-0.4, -0.2) is 39.4 Å². The summed E-state index contributed by atoms with van der Waals surface area (Å²) in [4.78, 5) is 4.64. The fraction of sp³-hybridized carbons (Fsp3) is 0.381. The smallest absolute Gasteiger partial charge is 0.220 e. The maximum absolute atomic E-state index is 5.97. The highest BCUT2D eigenvalue weighted by molar-refractivity contribution is 5.99. The molecule has 0 fully saturated rings. The van der Waals surface area contributed by atoms with Crippen LogP contribution in [0, 0.1) is 0 Å². The summed E-state index contributed by atoms with van der Waals surface area (Å²) in [5, 5.41) is 0. The molecule has 1 heterocycles. The molecule has 0 radical (unpaired) electrons. The molecular formula is C21H25NO5. The average molecular weight is 371 g/mol. The lowest BCUT2D eigenvalue weighted by molar-refractivity contribution is 0.277.